The normalized spacial score (nSPS) is 23.9. The summed E-state index contributed by atoms with van der Waals surface area (Å²) < 4.78 is 4.85. The molecule has 0 aromatic carbocycles. The molecule has 1 heterocycles. The summed E-state index contributed by atoms with van der Waals surface area (Å²) in [6.07, 6.45) is 3.38. The molecule has 1 aliphatic heterocycles. The molecule has 0 aromatic heterocycles. The summed E-state index contributed by atoms with van der Waals surface area (Å²) in [5.41, 5.74) is 0. The van der Waals surface area contributed by atoms with Crippen molar-refractivity contribution in [1.29, 1.82) is 0 Å². The lowest BCUT2D eigenvalue weighted by molar-refractivity contribution is -0.150. The monoisotopic (exact) mass is 324 g/mol. The van der Waals surface area contributed by atoms with Gasteiger partial charge in [-0.05, 0) is 26.7 Å². The smallest absolute Gasteiger partial charge is 0.308 e. The second-order valence-corrected chi connectivity index (χ2v) is 6.46. The van der Waals surface area contributed by atoms with Crippen LogP contribution in [0.4, 0.5) is 0 Å². The Hall–Kier alpha value is -1.92. The summed E-state index contributed by atoms with van der Waals surface area (Å²) >= 11 is 0. The van der Waals surface area contributed by atoms with E-state index in [4.69, 9.17) is 4.74 Å². The summed E-state index contributed by atoms with van der Waals surface area (Å²) in [6, 6.07) is -0.0237. The first-order chi connectivity index (χ1) is 10.9. The number of amides is 3. The third-order valence-electron chi connectivity index (χ3n) is 4.29. The molecule has 2 rings (SSSR count). The number of rotatable bonds is 6. The van der Waals surface area contributed by atoms with Gasteiger partial charge in [0.25, 0.3) is 5.91 Å². The van der Waals surface area contributed by atoms with Crippen LogP contribution in [0, 0.1) is 11.8 Å². The van der Waals surface area contributed by atoms with Crippen LogP contribution in [0.15, 0.2) is 0 Å². The lowest BCUT2D eigenvalue weighted by Crippen LogP contribution is -2.35. The van der Waals surface area contributed by atoms with Crippen LogP contribution < -0.4 is 5.32 Å². The van der Waals surface area contributed by atoms with Crippen molar-refractivity contribution >= 4 is 23.7 Å². The highest BCUT2D eigenvalue weighted by molar-refractivity contribution is 6.05. The number of hydrogen-bond acceptors (Lipinski definition) is 5. The number of nitrogens with zero attached hydrogens (tertiary/aromatic N) is 1. The third-order valence-corrected chi connectivity index (χ3v) is 4.29. The van der Waals surface area contributed by atoms with Crippen molar-refractivity contribution in [2.24, 2.45) is 11.8 Å². The Morgan fingerprint density at radius 1 is 1.17 bits per heavy atom. The SMILES string of the molecule is CC(C)NC(=O)COC(=O)CCN1C(=O)[C@H]2CCCC[C@@H]2C1=O. The molecule has 2 fully saturated rings. The van der Waals surface area contributed by atoms with Gasteiger partial charge in [0.2, 0.25) is 11.8 Å². The van der Waals surface area contributed by atoms with Crippen LogP contribution in [-0.2, 0) is 23.9 Å². The van der Waals surface area contributed by atoms with Gasteiger partial charge in [-0.1, -0.05) is 12.8 Å². The minimum Gasteiger partial charge on any atom is -0.456 e. The summed E-state index contributed by atoms with van der Waals surface area (Å²) in [6.45, 7) is 3.31. The number of fused-ring (bicyclic) bond motifs is 1. The molecule has 1 aliphatic carbocycles. The zero-order chi connectivity index (χ0) is 17.0. The van der Waals surface area contributed by atoms with E-state index in [0.717, 1.165) is 25.7 Å². The Labute approximate surface area is 135 Å². The van der Waals surface area contributed by atoms with E-state index >= 15 is 0 Å². The molecule has 1 saturated carbocycles. The topological polar surface area (TPSA) is 92.8 Å². The van der Waals surface area contributed by atoms with Crippen molar-refractivity contribution in [2.75, 3.05) is 13.2 Å². The van der Waals surface area contributed by atoms with Crippen LogP contribution in [-0.4, -0.2) is 47.8 Å². The van der Waals surface area contributed by atoms with Crippen molar-refractivity contribution in [2.45, 2.75) is 52.0 Å². The molecular formula is C16H24N2O5. The summed E-state index contributed by atoms with van der Waals surface area (Å²) in [7, 11) is 0. The average molecular weight is 324 g/mol. The van der Waals surface area contributed by atoms with Gasteiger partial charge in [-0.3, -0.25) is 24.1 Å². The number of esters is 1. The van der Waals surface area contributed by atoms with Crippen LogP contribution in [0.2, 0.25) is 0 Å². The van der Waals surface area contributed by atoms with Crippen molar-refractivity contribution in [3.05, 3.63) is 0 Å². The minimum absolute atomic E-state index is 0.0237. The highest BCUT2D eigenvalue weighted by Crippen LogP contribution is 2.37. The molecular weight excluding hydrogens is 300 g/mol. The van der Waals surface area contributed by atoms with Gasteiger partial charge in [0.05, 0.1) is 18.3 Å². The highest BCUT2D eigenvalue weighted by Gasteiger charge is 2.47. The molecule has 3 amide bonds. The number of hydrogen-bond donors (Lipinski definition) is 1. The standard InChI is InChI=1S/C16H24N2O5/c1-10(2)17-13(19)9-23-14(20)7-8-18-15(21)11-5-3-4-6-12(11)16(18)22/h10-12H,3-9H2,1-2H3,(H,17,19)/t11-,12-/m0/s1. The fourth-order valence-corrected chi connectivity index (χ4v) is 3.24. The van der Waals surface area contributed by atoms with Gasteiger partial charge in [0.1, 0.15) is 0 Å². The molecule has 2 aliphatic rings. The molecule has 1 saturated heterocycles. The Balaban J connectivity index is 1.77. The number of imide groups is 1. The first-order valence-corrected chi connectivity index (χ1v) is 8.20. The molecule has 0 radical (unpaired) electrons. The van der Waals surface area contributed by atoms with Gasteiger partial charge in [-0.2, -0.15) is 0 Å². The number of ether oxygens (including phenoxy) is 1. The van der Waals surface area contributed by atoms with Gasteiger partial charge >= 0.3 is 5.97 Å². The van der Waals surface area contributed by atoms with Gasteiger partial charge in [-0.25, -0.2) is 0 Å². The second kappa shape index (κ2) is 7.57. The molecule has 2 atom stereocenters. The van der Waals surface area contributed by atoms with Gasteiger partial charge in [-0.15, -0.1) is 0 Å². The van der Waals surface area contributed by atoms with E-state index < -0.39 is 5.97 Å². The number of likely N-dealkylation sites (tertiary alicyclic amines) is 1. The predicted molar refractivity (Wildman–Crippen MR) is 81.0 cm³/mol. The predicted octanol–water partition coefficient (Wildman–Crippen LogP) is 0.619. The molecule has 23 heavy (non-hydrogen) atoms. The van der Waals surface area contributed by atoms with E-state index in [1.807, 2.05) is 13.8 Å². The van der Waals surface area contributed by atoms with Crippen molar-refractivity contribution in [1.82, 2.24) is 10.2 Å². The van der Waals surface area contributed by atoms with Crippen molar-refractivity contribution in [3.63, 3.8) is 0 Å². The van der Waals surface area contributed by atoms with Crippen LogP contribution in [0.5, 0.6) is 0 Å². The highest BCUT2D eigenvalue weighted by atomic mass is 16.5. The lowest BCUT2D eigenvalue weighted by Gasteiger charge is -2.19. The molecule has 7 nitrogen and oxygen atoms in total. The lowest BCUT2D eigenvalue weighted by atomic mass is 9.81. The van der Waals surface area contributed by atoms with E-state index in [-0.39, 0.29) is 55.2 Å². The van der Waals surface area contributed by atoms with Gasteiger partial charge < -0.3 is 10.1 Å². The molecule has 0 spiro atoms. The number of nitrogens with one attached hydrogen (secondary N) is 1. The Morgan fingerprint density at radius 2 is 1.74 bits per heavy atom. The Bertz CT molecular complexity index is 479. The summed E-state index contributed by atoms with van der Waals surface area (Å²) in [5, 5.41) is 2.61. The third kappa shape index (κ3) is 4.30. The first kappa shape index (κ1) is 17.4. The maximum absolute atomic E-state index is 12.2. The van der Waals surface area contributed by atoms with Gasteiger partial charge in [0.15, 0.2) is 6.61 Å². The van der Waals surface area contributed by atoms with E-state index in [2.05, 4.69) is 5.32 Å². The largest absolute Gasteiger partial charge is 0.456 e. The van der Waals surface area contributed by atoms with Crippen LogP contribution in [0.1, 0.15) is 46.0 Å². The number of carbonyl (C=O) groups is 4. The maximum atomic E-state index is 12.2. The molecule has 0 unspecified atom stereocenters. The molecule has 7 heteroatoms. The fraction of sp³-hybridized carbons (Fsp3) is 0.750. The Kier molecular flexibility index (Phi) is 5.74. The minimum atomic E-state index is -0.584. The van der Waals surface area contributed by atoms with Crippen LogP contribution in [0.3, 0.4) is 0 Å². The van der Waals surface area contributed by atoms with Crippen LogP contribution in [0.25, 0.3) is 0 Å². The molecule has 0 bridgehead atoms. The van der Waals surface area contributed by atoms with E-state index in [1.54, 1.807) is 0 Å². The summed E-state index contributed by atoms with van der Waals surface area (Å²) in [4.78, 5) is 48.7. The quantitative estimate of drug-likeness (QED) is 0.571. The van der Waals surface area contributed by atoms with Crippen LogP contribution >= 0.6 is 0 Å². The summed E-state index contributed by atoms with van der Waals surface area (Å²) in [5.74, 6) is -1.68. The molecule has 1 N–H and O–H groups in total. The molecule has 128 valence electrons. The zero-order valence-corrected chi connectivity index (χ0v) is 13.7. The van der Waals surface area contributed by atoms with E-state index in [1.165, 1.54) is 4.90 Å². The number of carbonyl (C=O) groups excluding carboxylic acids is 4. The molecule has 0 aromatic rings. The second-order valence-electron chi connectivity index (χ2n) is 6.46. The fourth-order valence-electron chi connectivity index (χ4n) is 3.24. The average Bonchev–Trinajstić information content (AvgIpc) is 2.75. The zero-order valence-electron chi connectivity index (χ0n) is 13.7. The Morgan fingerprint density at radius 3 is 2.26 bits per heavy atom. The van der Waals surface area contributed by atoms with Gasteiger partial charge in [0, 0.05) is 12.6 Å². The van der Waals surface area contributed by atoms with E-state index in [9.17, 15) is 19.2 Å². The van der Waals surface area contributed by atoms with E-state index in [0.29, 0.717) is 0 Å². The maximum Gasteiger partial charge on any atom is 0.308 e. The van der Waals surface area contributed by atoms with Crippen molar-refractivity contribution in [3.8, 4) is 0 Å². The van der Waals surface area contributed by atoms with Crippen molar-refractivity contribution < 1.29 is 23.9 Å². The first-order valence-electron chi connectivity index (χ1n) is 8.20.